The summed E-state index contributed by atoms with van der Waals surface area (Å²) in [5.74, 6) is 0. The van der Waals surface area contributed by atoms with Crippen molar-refractivity contribution in [1.29, 1.82) is 5.41 Å². The van der Waals surface area contributed by atoms with Crippen molar-refractivity contribution in [3.05, 3.63) is 24.3 Å². The van der Waals surface area contributed by atoms with Gasteiger partial charge in [-0.1, -0.05) is 0 Å². The molecule has 5 heteroatoms. The molecule has 0 aliphatic rings. The molecule has 13 heavy (non-hydrogen) atoms. The van der Waals surface area contributed by atoms with E-state index in [2.05, 4.69) is 13.2 Å². The van der Waals surface area contributed by atoms with Crippen LogP contribution in [0.5, 0.6) is 0 Å². The Morgan fingerprint density at radius 1 is 1.38 bits per heavy atom. The maximum atomic E-state index is 12.1. The normalized spacial score (nSPS) is 11.4. The third kappa shape index (κ3) is 3.93. The Bertz CT molecular complexity index is 242. The Hall–Kier alpha value is -0.330. The Morgan fingerprint density at radius 3 is 2.15 bits per heavy atom. The van der Waals surface area contributed by atoms with Crippen molar-refractivity contribution in [2.45, 2.75) is 6.18 Å². The number of hydrogen-bond donors (Lipinski definition) is 1. The van der Waals surface area contributed by atoms with Crippen LogP contribution in [0.25, 0.3) is 0 Å². The van der Waals surface area contributed by atoms with Crippen LogP contribution in [0.15, 0.2) is 24.3 Å². The summed E-state index contributed by atoms with van der Waals surface area (Å²) in [6, 6.07) is 0. The zero-order valence-corrected chi connectivity index (χ0v) is 9.29. The van der Waals surface area contributed by atoms with Gasteiger partial charge >= 0.3 is 85.3 Å². The molecule has 0 spiro atoms. The van der Waals surface area contributed by atoms with E-state index in [0.717, 1.165) is 0 Å². The van der Waals surface area contributed by atoms with Gasteiger partial charge in [0.2, 0.25) is 0 Å². The van der Waals surface area contributed by atoms with Crippen LogP contribution in [0.1, 0.15) is 0 Å². The van der Waals surface area contributed by atoms with Gasteiger partial charge in [-0.3, -0.25) is 0 Å². The van der Waals surface area contributed by atoms with E-state index in [9.17, 15) is 13.2 Å². The second kappa shape index (κ2) is 4.78. The van der Waals surface area contributed by atoms with Gasteiger partial charge in [0, 0.05) is 0 Å². The fourth-order valence-corrected chi connectivity index (χ4v) is 1.79. The van der Waals surface area contributed by atoms with Crippen molar-refractivity contribution in [3.8, 4) is 0 Å². The molecule has 1 nitrogen and oxygen atoms in total. The van der Waals surface area contributed by atoms with Crippen LogP contribution < -0.4 is 21.2 Å². The number of hydrogen-bond acceptors (Lipinski definition) is 1. The first kappa shape index (κ1) is 12.7. The average Bonchev–Trinajstić information content (AvgIpc) is 2.00. The van der Waals surface area contributed by atoms with E-state index in [1.54, 1.807) is 0 Å². The topological polar surface area (TPSA) is 23.9 Å². The molecule has 0 atom stereocenters. The molecular weight excluding hydrogens is 294 g/mol. The molecule has 0 aromatic rings. The van der Waals surface area contributed by atoms with Gasteiger partial charge in [-0.2, -0.15) is 0 Å². The maximum absolute atomic E-state index is 12.1. The van der Waals surface area contributed by atoms with Gasteiger partial charge in [-0.15, -0.1) is 0 Å². The number of rotatable bonds is 4. The third-order valence-corrected chi connectivity index (χ3v) is 2.86. The van der Waals surface area contributed by atoms with E-state index in [1.807, 2.05) is 4.93 Å². The van der Waals surface area contributed by atoms with Crippen LogP contribution in [-0.4, -0.2) is 21.2 Å². The molecule has 0 aromatic carbocycles. The van der Waals surface area contributed by atoms with Crippen molar-refractivity contribution in [2.75, 3.05) is 9.36 Å². The summed E-state index contributed by atoms with van der Waals surface area (Å²) in [5, 5.41) is 7.27. The van der Waals surface area contributed by atoms with Crippen molar-refractivity contribution in [2.24, 2.45) is 0 Å². The summed E-state index contributed by atoms with van der Waals surface area (Å²) >= 11 is -0.223. The van der Waals surface area contributed by atoms with Gasteiger partial charge in [0.05, 0.1) is 0 Å². The molecule has 0 radical (unpaired) electrons. The first-order valence-electron chi connectivity index (χ1n) is 3.27. The summed E-state index contributed by atoms with van der Waals surface area (Å²) in [5.41, 5.74) is -1.33. The minimum atomic E-state index is -4.46. The molecule has 0 fully saturated rings. The van der Waals surface area contributed by atoms with Gasteiger partial charge in [0.15, 0.2) is 0 Å². The van der Waals surface area contributed by atoms with E-state index in [4.69, 9.17) is 5.41 Å². The van der Waals surface area contributed by atoms with Crippen molar-refractivity contribution >= 4 is 5.71 Å². The van der Waals surface area contributed by atoms with Gasteiger partial charge in [0.25, 0.3) is 0 Å². The minimum absolute atomic E-state index is 0.0439. The molecule has 0 aliphatic heterocycles. The van der Waals surface area contributed by atoms with Gasteiger partial charge in [0.1, 0.15) is 0 Å². The number of halogens is 4. The van der Waals surface area contributed by atoms with Gasteiger partial charge in [-0.05, 0) is 0 Å². The second-order valence-electron chi connectivity index (χ2n) is 2.33. The zero-order chi connectivity index (χ0) is 10.6. The molecule has 0 amide bonds. The molecular formula is C8H10F3IN-. The van der Waals surface area contributed by atoms with Gasteiger partial charge in [-0.25, -0.2) is 0 Å². The third-order valence-electron chi connectivity index (χ3n) is 1.34. The molecule has 1 N–H and O–H groups in total. The molecule has 0 unspecified atom stereocenters. The number of allylic oxidation sites excluding steroid dienone is 2. The van der Waals surface area contributed by atoms with Gasteiger partial charge < -0.3 is 0 Å². The Labute approximate surface area is 85.5 Å². The average molecular weight is 304 g/mol. The Kier molecular flexibility index (Phi) is 4.66. The molecule has 0 saturated heterocycles. The first-order valence-corrected chi connectivity index (χ1v) is 6.96. The van der Waals surface area contributed by atoms with E-state index in [1.165, 1.54) is 0 Å². The summed E-state index contributed by atoms with van der Waals surface area (Å²) in [6.07, 6.45) is -4.46. The monoisotopic (exact) mass is 304 g/mol. The zero-order valence-electron chi connectivity index (χ0n) is 7.13. The molecule has 0 aliphatic carbocycles. The van der Waals surface area contributed by atoms with E-state index in [-0.39, 0.29) is 32.5 Å². The summed E-state index contributed by atoms with van der Waals surface area (Å²) in [7, 11) is 0. The predicted molar refractivity (Wildman–Crippen MR) is 42.9 cm³/mol. The quantitative estimate of drug-likeness (QED) is 0.310. The van der Waals surface area contributed by atoms with Crippen LogP contribution >= 0.6 is 0 Å². The molecule has 76 valence electrons. The fraction of sp³-hybridized carbons (Fsp3) is 0.375. The molecule has 0 heterocycles. The molecule has 0 bridgehead atoms. The van der Waals surface area contributed by atoms with E-state index < -0.39 is 11.7 Å². The van der Waals surface area contributed by atoms with Crippen LogP contribution in [-0.2, 0) is 0 Å². The predicted octanol–water partition coefficient (Wildman–Crippen LogP) is -0.600. The molecule has 0 rings (SSSR count). The van der Waals surface area contributed by atoms with Crippen molar-refractivity contribution in [1.82, 2.24) is 0 Å². The number of nitrogens with one attached hydrogen (secondary N) is 1. The second-order valence-corrected chi connectivity index (χ2v) is 4.62. The summed E-state index contributed by atoms with van der Waals surface area (Å²) < 4.78 is 36.6. The summed E-state index contributed by atoms with van der Waals surface area (Å²) in [6.45, 7) is 6.09. The Balaban J connectivity index is 4.45. The van der Waals surface area contributed by atoms with E-state index >= 15 is 0 Å². The Morgan fingerprint density at radius 2 is 1.85 bits per heavy atom. The van der Waals surface area contributed by atoms with E-state index in [0.29, 0.717) is 4.43 Å². The van der Waals surface area contributed by atoms with Crippen molar-refractivity contribution < 1.29 is 34.4 Å². The summed E-state index contributed by atoms with van der Waals surface area (Å²) in [4.78, 5) is 1.90. The van der Waals surface area contributed by atoms with Crippen LogP contribution in [0.2, 0.25) is 0 Å². The number of alkyl halides is 5. The molecule has 0 saturated carbocycles. The first-order chi connectivity index (χ1) is 5.80. The standard InChI is InChI=1S/C8H10F3IN/c1-5(7(13)4-12-3)6(2)8(9,10)11/h13H,1-2,4H2,3H3/q-1. The fourth-order valence-electron chi connectivity index (χ4n) is 0.568. The van der Waals surface area contributed by atoms with Crippen LogP contribution in [0.3, 0.4) is 0 Å². The molecule has 0 aromatic heterocycles. The SMILES string of the molecule is C=C(C(=C)C(F)(F)F)C(=N)C[I-]C. The van der Waals surface area contributed by atoms with Crippen LogP contribution in [0.4, 0.5) is 13.2 Å². The van der Waals surface area contributed by atoms with Crippen molar-refractivity contribution in [3.63, 3.8) is 0 Å². The van der Waals surface area contributed by atoms with Crippen LogP contribution in [0, 0.1) is 5.41 Å².